The maximum Gasteiger partial charge on any atom is 0.472 e. The summed E-state index contributed by atoms with van der Waals surface area (Å²) in [5.74, 6) is -0.164. The van der Waals surface area contributed by atoms with Crippen LogP contribution in [-0.2, 0) is 18.4 Å². The van der Waals surface area contributed by atoms with Crippen molar-refractivity contribution in [2.24, 2.45) is 0 Å². The van der Waals surface area contributed by atoms with Crippen LogP contribution in [0.25, 0.3) is 0 Å². The van der Waals surface area contributed by atoms with Gasteiger partial charge in [0.2, 0.25) is 5.91 Å². The third-order valence-electron chi connectivity index (χ3n) is 11.0. The summed E-state index contributed by atoms with van der Waals surface area (Å²) in [6.07, 6.45) is 68.6. The number of likely N-dealkylation sites (N-methyl/N-ethyl adjacent to an activating group) is 1. The van der Waals surface area contributed by atoms with E-state index in [-0.39, 0.29) is 19.1 Å². The van der Waals surface area contributed by atoms with Crippen LogP contribution in [0.1, 0.15) is 194 Å². The third kappa shape index (κ3) is 49.1. The van der Waals surface area contributed by atoms with E-state index in [0.29, 0.717) is 23.9 Å². The van der Waals surface area contributed by atoms with Gasteiger partial charge in [-0.1, -0.05) is 213 Å². The van der Waals surface area contributed by atoms with Crippen molar-refractivity contribution in [1.29, 1.82) is 0 Å². The Hall–Kier alpha value is -2.84. The zero-order valence-corrected chi connectivity index (χ0v) is 43.8. The number of aliphatic hydroxyl groups is 1. The molecule has 8 nitrogen and oxygen atoms in total. The molecule has 378 valence electrons. The number of rotatable bonds is 46. The second-order valence-electron chi connectivity index (χ2n) is 18.5. The molecular weight excluding hydrogens is 840 g/mol. The van der Waals surface area contributed by atoms with Crippen LogP contribution in [0.2, 0.25) is 0 Å². The van der Waals surface area contributed by atoms with Gasteiger partial charge in [0.1, 0.15) is 13.2 Å². The highest BCUT2D eigenvalue weighted by Gasteiger charge is 2.28. The molecule has 0 heterocycles. The molecule has 0 aliphatic heterocycles. The molecule has 0 fully saturated rings. The molecule has 3 unspecified atom stereocenters. The minimum absolute atomic E-state index is 0.0664. The lowest BCUT2D eigenvalue weighted by atomic mass is 10.0. The van der Waals surface area contributed by atoms with Crippen molar-refractivity contribution < 1.29 is 32.9 Å². The van der Waals surface area contributed by atoms with E-state index in [0.717, 1.165) is 109 Å². The number of nitrogens with zero attached hydrogens (tertiary/aromatic N) is 1. The number of unbranched alkanes of at least 4 members (excludes halogenated alkanes) is 15. The highest BCUT2D eigenvalue weighted by molar-refractivity contribution is 7.47. The van der Waals surface area contributed by atoms with Gasteiger partial charge < -0.3 is 19.8 Å². The van der Waals surface area contributed by atoms with Crippen LogP contribution in [0.3, 0.4) is 0 Å². The Morgan fingerprint density at radius 3 is 1.33 bits per heavy atom. The minimum Gasteiger partial charge on any atom is -0.391 e. The number of carbonyl (C=O) groups excluding carboxylic acids is 1. The topological polar surface area (TPSA) is 105 Å². The van der Waals surface area contributed by atoms with E-state index in [4.69, 9.17) is 9.05 Å². The molecule has 9 heteroatoms. The number of nitrogens with one attached hydrogen (secondary N) is 1. The van der Waals surface area contributed by atoms with Gasteiger partial charge >= 0.3 is 7.82 Å². The van der Waals surface area contributed by atoms with E-state index < -0.39 is 20.0 Å². The number of phosphoric acid groups is 1. The van der Waals surface area contributed by atoms with Crippen molar-refractivity contribution >= 4 is 13.7 Å². The first-order valence-corrected chi connectivity index (χ1v) is 27.7. The SMILES string of the molecule is CC/C=C\C/C=C\C/C=C\C/C=C\C/C=C\C/C=C\C/C=C\C/C=C\C/C=C\CCCCCCCCCC(=O)NC(COP(=O)(O)OCC[N+](C)(C)C)C(O)CCCCCCCCCCC. The van der Waals surface area contributed by atoms with Crippen molar-refractivity contribution in [1.82, 2.24) is 5.32 Å². The molecular formula is C57H100N2O6P+. The smallest absolute Gasteiger partial charge is 0.391 e. The number of carbonyl (C=O) groups is 1. The first-order chi connectivity index (χ1) is 32.0. The van der Waals surface area contributed by atoms with E-state index in [9.17, 15) is 19.4 Å². The maximum atomic E-state index is 12.9. The van der Waals surface area contributed by atoms with Gasteiger partial charge in [0.25, 0.3) is 0 Å². The summed E-state index contributed by atoms with van der Waals surface area (Å²) in [4.78, 5) is 23.2. The number of allylic oxidation sites excluding steroid dienone is 18. The van der Waals surface area contributed by atoms with E-state index in [1.54, 1.807) is 0 Å². The number of aliphatic hydroxyl groups excluding tert-OH is 1. The van der Waals surface area contributed by atoms with Crippen LogP contribution in [0.15, 0.2) is 109 Å². The van der Waals surface area contributed by atoms with Crippen molar-refractivity contribution in [2.45, 2.75) is 206 Å². The Balaban J connectivity index is 4.11. The second kappa shape index (κ2) is 47.2. The number of phosphoric ester groups is 1. The van der Waals surface area contributed by atoms with E-state index in [2.05, 4.69) is 129 Å². The van der Waals surface area contributed by atoms with Crippen molar-refractivity contribution in [3.8, 4) is 0 Å². The lowest BCUT2D eigenvalue weighted by molar-refractivity contribution is -0.870. The van der Waals surface area contributed by atoms with Gasteiger partial charge in [-0.2, -0.15) is 0 Å². The van der Waals surface area contributed by atoms with Gasteiger partial charge in [0, 0.05) is 6.42 Å². The fourth-order valence-electron chi connectivity index (χ4n) is 6.92. The number of hydrogen-bond acceptors (Lipinski definition) is 5. The molecule has 0 aromatic carbocycles. The molecule has 0 radical (unpaired) electrons. The summed E-state index contributed by atoms with van der Waals surface area (Å²) in [6, 6.07) is -0.772. The quantitative estimate of drug-likeness (QED) is 0.0243. The number of amides is 1. The maximum absolute atomic E-state index is 12.9. The standard InChI is InChI=1S/C57H99N2O6P/c1-6-8-10-12-14-16-17-18-19-20-21-22-23-24-25-26-27-28-29-30-31-32-33-34-35-36-37-38-39-40-41-43-45-47-49-51-57(61)58-55(54-65-66(62,63)64-53-52-59(3,4)5)56(60)50-48-46-44-42-15-13-11-9-7-2/h8,10,14,16,18-19,21-22,24-25,27-28,30-31,33-34,36-37,55-56,60H,6-7,9,11-13,15,17,20,23,26,29,32,35,38-54H2,1-5H3,(H-,58,61,62,63)/p+1/b10-8-,16-14-,19-18-,22-21-,25-24-,28-27-,31-30-,34-33-,37-36-. The van der Waals surface area contributed by atoms with Crippen LogP contribution >= 0.6 is 7.82 Å². The van der Waals surface area contributed by atoms with Crippen LogP contribution < -0.4 is 5.32 Å². The van der Waals surface area contributed by atoms with E-state index >= 15 is 0 Å². The third-order valence-corrected chi connectivity index (χ3v) is 12.0. The van der Waals surface area contributed by atoms with Gasteiger partial charge in [0.05, 0.1) is 39.9 Å². The first-order valence-electron chi connectivity index (χ1n) is 26.3. The van der Waals surface area contributed by atoms with Crippen LogP contribution in [0.4, 0.5) is 0 Å². The molecule has 0 saturated heterocycles. The largest absolute Gasteiger partial charge is 0.472 e. The Bertz CT molecular complexity index is 1440. The highest BCUT2D eigenvalue weighted by Crippen LogP contribution is 2.43. The lowest BCUT2D eigenvalue weighted by Crippen LogP contribution is -2.46. The molecule has 3 atom stereocenters. The molecule has 0 aromatic rings. The first kappa shape index (κ1) is 63.2. The molecule has 0 aliphatic carbocycles. The number of hydrogen-bond donors (Lipinski definition) is 3. The molecule has 3 N–H and O–H groups in total. The number of quaternary nitrogens is 1. The average molecular weight is 940 g/mol. The molecule has 0 aromatic heterocycles. The van der Waals surface area contributed by atoms with Gasteiger partial charge in [-0.05, 0) is 83.5 Å². The van der Waals surface area contributed by atoms with Gasteiger partial charge in [-0.15, -0.1) is 0 Å². The molecule has 0 saturated carbocycles. The highest BCUT2D eigenvalue weighted by atomic mass is 31.2. The Morgan fingerprint density at radius 1 is 0.530 bits per heavy atom. The lowest BCUT2D eigenvalue weighted by Gasteiger charge is -2.26. The van der Waals surface area contributed by atoms with Crippen LogP contribution in [-0.4, -0.2) is 73.4 Å². The fourth-order valence-corrected chi connectivity index (χ4v) is 7.66. The van der Waals surface area contributed by atoms with Gasteiger partial charge in [0.15, 0.2) is 0 Å². The Kier molecular flexibility index (Phi) is 45.2. The van der Waals surface area contributed by atoms with Crippen molar-refractivity contribution in [3.63, 3.8) is 0 Å². The van der Waals surface area contributed by atoms with Crippen LogP contribution in [0, 0.1) is 0 Å². The molecule has 0 bridgehead atoms. The molecule has 1 amide bonds. The predicted octanol–water partition coefficient (Wildman–Crippen LogP) is 15.6. The molecule has 66 heavy (non-hydrogen) atoms. The summed E-state index contributed by atoms with van der Waals surface area (Å²) in [6.45, 7) is 4.72. The molecule has 0 spiro atoms. The second-order valence-corrected chi connectivity index (χ2v) is 20.0. The fraction of sp³-hybridized carbons (Fsp3) is 0.667. The summed E-state index contributed by atoms with van der Waals surface area (Å²) in [7, 11) is 1.59. The minimum atomic E-state index is -4.32. The van der Waals surface area contributed by atoms with Crippen molar-refractivity contribution in [3.05, 3.63) is 109 Å². The van der Waals surface area contributed by atoms with Crippen LogP contribution in [0.5, 0.6) is 0 Å². The predicted molar refractivity (Wildman–Crippen MR) is 285 cm³/mol. The van der Waals surface area contributed by atoms with Crippen molar-refractivity contribution in [2.75, 3.05) is 40.9 Å². The van der Waals surface area contributed by atoms with Gasteiger partial charge in [-0.3, -0.25) is 13.8 Å². The summed E-state index contributed by atoms with van der Waals surface area (Å²) < 4.78 is 23.6. The Labute approximate surface area is 406 Å². The molecule has 0 rings (SSSR count). The van der Waals surface area contributed by atoms with E-state index in [1.165, 1.54) is 57.8 Å². The summed E-state index contributed by atoms with van der Waals surface area (Å²) in [5, 5.41) is 13.9. The zero-order chi connectivity index (χ0) is 48.5. The zero-order valence-electron chi connectivity index (χ0n) is 42.9. The average Bonchev–Trinajstić information content (AvgIpc) is 3.28. The normalized spacial score (nSPS) is 15.0. The summed E-state index contributed by atoms with van der Waals surface area (Å²) >= 11 is 0. The summed E-state index contributed by atoms with van der Waals surface area (Å²) in [5.41, 5.74) is 0. The Morgan fingerprint density at radius 2 is 0.909 bits per heavy atom. The molecule has 0 aliphatic rings. The van der Waals surface area contributed by atoms with Gasteiger partial charge in [-0.25, -0.2) is 4.57 Å². The van der Waals surface area contributed by atoms with E-state index in [1.807, 2.05) is 21.1 Å². The monoisotopic (exact) mass is 940 g/mol.